The molecule has 3 nitrogen and oxygen atoms in total. The lowest BCUT2D eigenvalue weighted by atomic mass is 10.0. The van der Waals surface area contributed by atoms with Gasteiger partial charge < -0.3 is 15.4 Å². The molecule has 0 bridgehead atoms. The van der Waals surface area contributed by atoms with Crippen LogP contribution in [-0.2, 0) is 0 Å². The molecule has 16 heavy (non-hydrogen) atoms. The first-order valence-electron chi connectivity index (χ1n) is 5.64. The summed E-state index contributed by atoms with van der Waals surface area (Å²) in [5.74, 6) is 0.861. The summed E-state index contributed by atoms with van der Waals surface area (Å²) in [6.45, 7) is 6.30. The first kappa shape index (κ1) is 12.8. The van der Waals surface area contributed by atoms with Crippen molar-refractivity contribution in [2.45, 2.75) is 32.9 Å². The fraction of sp³-hybridized carbons (Fsp3) is 0.538. The third-order valence-corrected chi connectivity index (χ3v) is 2.87. The number of nitrogens with two attached hydrogens (primary N) is 1. The molecule has 0 saturated heterocycles. The highest BCUT2D eigenvalue weighted by molar-refractivity contribution is 5.60. The van der Waals surface area contributed by atoms with Gasteiger partial charge in [-0.05, 0) is 32.9 Å². The number of ether oxygens (including phenoxy) is 1. The molecule has 0 aliphatic carbocycles. The van der Waals surface area contributed by atoms with Crippen LogP contribution in [0.25, 0.3) is 0 Å². The first-order chi connectivity index (χ1) is 7.49. The third kappa shape index (κ3) is 2.47. The maximum absolute atomic E-state index is 6.02. The van der Waals surface area contributed by atoms with Gasteiger partial charge >= 0.3 is 0 Å². The molecule has 0 aliphatic heterocycles. The number of nitrogens with zero attached hydrogens (tertiary/aromatic N) is 1. The van der Waals surface area contributed by atoms with Crippen LogP contribution in [0.15, 0.2) is 18.2 Å². The molecule has 0 aromatic heterocycles. The average molecular weight is 222 g/mol. The summed E-state index contributed by atoms with van der Waals surface area (Å²) < 4.78 is 5.37. The van der Waals surface area contributed by atoms with E-state index in [4.69, 9.17) is 10.5 Å². The van der Waals surface area contributed by atoms with Gasteiger partial charge in [-0.25, -0.2) is 0 Å². The van der Waals surface area contributed by atoms with Gasteiger partial charge in [0.15, 0.2) is 0 Å². The standard InChI is InChI=1S/C13H22N2O/c1-9(2)15(4)11-7-6-8-12(16-5)13(11)10(3)14/h6-10H,14H2,1-5H3. The molecule has 0 fully saturated rings. The van der Waals surface area contributed by atoms with Crippen LogP contribution in [0.3, 0.4) is 0 Å². The predicted octanol–water partition coefficient (Wildman–Crippen LogP) is 2.56. The van der Waals surface area contributed by atoms with Crippen molar-refractivity contribution in [2.75, 3.05) is 19.1 Å². The molecule has 1 rings (SSSR count). The first-order valence-corrected chi connectivity index (χ1v) is 5.64. The number of hydrogen-bond acceptors (Lipinski definition) is 3. The van der Waals surface area contributed by atoms with E-state index in [2.05, 4.69) is 31.9 Å². The molecule has 0 amide bonds. The van der Waals surface area contributed by atoms with Crippen molar-refractivity contribution >= 4 is 5.69 Å². The van der Waals surface area contributed by atoms with E-state index in [9.17, 15) is 0 Å². The summed E-state index contributed by atoms with van der Waals surface area (Å²) in [6.07, 6.45) is 0. The molecule has 0 saturated carbocycles. The number of methoxy groups -OCH3 is 1. The Balaban J connectivity index is 3.27. The molecule has 2 N–H and O–H groups in total. The Hall–Kier alpha value is -1.22. The summed E-state index contributed by atoms with van der Waals surface area (Å²) in [5, 5.41) is 0. The fourth-order valence-corrected chi connectivity index (χ4v) is 1.75. The van der Waals surface area contributed by atoms with Crippen molar-refractivity contribution in [1.29, 1.82) is 0 Å². The van der Waals surface area contributed by atoms with Gasteiger partial charge in [-0.1, -0.05) is 6.07 Å². The highest BCUT2D eigenvalue weighted by Gasteiger charge is 2.16. The highest BCUT2D eigenvalue weighted by Crippen LogP contribution is 2.33. The lowest BCUT2D eigenvalue weighted by molar-refractivity contribution is 0.407. The molecule has 90 valence electrons. The van der Waals surface area contributed by atoms with E-state index in [1.54, 1.807) is 7.11 Å². The monoisotopic (exact) mass is 222 g/mol. The number of hydrogen-bond donors (Lipinski definition) is 1. The van der Waals surface area contributed by atoms with Crippen molar-refractivity contribution in [1.82, 2.24) is 0 Å². The predicted molar refractivity (Wildman–Crippen MR) is 69.1 cm³/mol. The second-order valence-electron chi connectivity index (χ2n) is 4.39. The second-order valence-corrected chi connectivity index (χ2v) is 4.39. The van der Waals surface area contributed by atoms with Crippen LogP contribution in [-0.4, -0.2) is 20.2 Å². The van der Waals surface area contributed by atoms with Gasteiger partial charge in [-0.3, -0.25) is 0 Å². The zero-order chi connectivity index (χ0) is 12.3. The largest absolute Gasteiger partial charge is 0.496 e. The molecular formula is C13H22N2O. The van der Waals surface area contributed by atoms with Crippen LogP contribution in [0, 0.1) is 0 Å². The molecule has 0 radical (unpaired) electrons. The van der Waals surface area contributed by atoms with Crippen molar-refractivity contribution in [3.8, 4) is 5.75 Å². The van der Waals surface area contributed by atoms with Crippen molar-refractivity contribution in [3.63, 3.8) is 0 Å². The molecule has 1 unspecified atom stereocenters. The normalized spacial score (nSPS) is 12.7. The maximum Gasteiger partial charge on any atom is 0.125 e. The van der Waals surface area contributed by atoms with Crippen molar-refractivity contribution < 1.29 is 4.74 Å². The van der Waals surface area contributed by atoms with Gasteiger partial charge in [0.1, 0.15) is 5.75 Å². The van der Waals surface area contributed by atoms with E-state index in [-0.39, 0.29) is 6.04 Å². The van der Waals surface area contributed by atoms with E-state index in [0.717, 1.165) is 17.0 Å². The molecule has 0 aliphatic rings. The minimum Gasteiger partial charge on any atom is -0.496 e. The van der Waals surface area contributed by atoms with Gasteiger partial charge in [0.2, 0.25) is 0 Å². The molecule has 1 aromatic rings. The van der Waals surface area contributed by atoms with E-state index < -0.39 is 0 Å². The van der Waals surface area contributed by atoms with Crippen LogP contribution < -0.4 is 15.4 Å². The smallest absolute Gasteiger partial charge is 0.125 e. The van der Waals surface area contributed by atoms with Crippen LogP contribution in [0.2, 0.25) is 0 Å². The Labute approximate surface area is 98.2 Å². The fourth-order valence-electron chi connectivity index (χ4n) is 1.75. The highest BCUT2D eigenvalue weighted by atomic mass is 16.5. The molecule has 3 heteroatoms. The molecule has 0 spiro atoms. The Morgan fingerprint density at radius 1 is 1.25 bits per heavy atom. The Kier molecular flexibility index (Phi) is 4.19. The lowest BCUT2D eigenvalue weighted by Gasteiger charge is -2.28. The zero-order valence-corrected chi connectivity index (χ0v) is 10.8. The second kappa shape index (κ2) is 5.21. The van der Waals surface area contributed by atoms with Gasteiger partial charge in [0.25, 0.3) is 0 Å². The van der Waals surface area contributed by atoms with E-state index in [1.807, 2.05) is 19.1 Å². The van der Waals surface area contributed by atoms with Gasteiger partial charge in [0, 0.05) is 30.4 Å². The van der Waals surface area contributed by atoms with E-state index in [0.29, 0.717) is 6.04 Å². The number of benzene rings is 1. The SMILES string of the molecule is COc1cccc(N(C)C(C)C)c1C(C)N. The number of anilines is 1. The minimum atomic E-state index is -0.0349. The third-order valence-electron chi connectivity index (χ3n) is 2.87. The molecule has 1 atom stereocenters. The minimum absolute atomic E-state index is 0.0349. The van der Waals surface area contributed by atoms with Crippen molar-refractivity contribution in [2.24, 2.45) is 5.73 Å². The quantitative estimate of drug-likeness (QED) is 0.851. The van der Waals surface area contributed by atoms with Crippen LogP contribution in [0.4, 0.5) is 5.69 Å². The van der Waals surface area contributed by atoms with Crippen LogP contribution >= 0.6 is 0 Å². The average Bonchev–Trinajstić information content (AvgIpc) is 2.26. The van der Waals surface area contributed by atoms with Gasteiger partial charge in [-0.2, -0.15) is 0 Å². The summed E-state index contributed by atoms with van der Waals surface area (Å²) in [4.78, 5) is 2.21. The van der Waals surface area contributed by atoms with Gasteiger partial charge in [-0.15, -0.1) is 0 Å². The summed E-state index contributed by atoms with van der Waals surface area (Å²) >= 11 is 0. The Morgan fingerprint density at radius 2 is 1.88 bits per heavy atom. The topological polar surface area (TPSA) is 38.5 Å². The Morgan fingerprint density at radius 3 is 2.31 bits per heavy atom. The van der Waals surface area contributed by atoms with E-state index in [1.165, 1.54) is 0 Å². The Bertz CT molecular complexity index is 348. The zero-order valence-electron chi connectivity index (χ0n) is 10.8. The summed E-state index contributed by atoms with van der Waals surface area (Å²) in [6, 6.07) is 6.44. The molecule has 0 heterocycles. The number of rotatable bonds is 4. The lowest BCUT2D eigenvalue weighted by Crippen LogP contribution is -2.27. The van der Waals surface area contributed by atoms with E-state index >= 15 is 0 Å². The summed E-state index contributed by atoms with van der Waals surface area (Å²) in [5.41, 5.74) is 8.24. The summed E-state index contributed by atoms with van der Waals surface area (Å²) in [7, 11) is 3.76. The molecule has 1 aromatic carbocycles. The molecular weight excluding hydrogens is 200 g/mol. The van der Waals surface area contributed by atoms with Crippen molar-refractivity contribution in [3.05, 3.63) is 23.8 Å². The maximum atomic E-state index is 6.02. The van der Waals surface area contributed by atoms with Gasteiger partial charge in [0.05, 0.1) is 7.11 Å². The van der Waals surface area contributed by atoms with Crippen LogP contribution in [0.1, 0.15) is 32.4 Å². The van der Waals surface area contributed by atoms with Crippen LogP contribution in [0.5, 0.6) is 5.75 Å².